The van der Waals surface area contributed by atoms with E-state index in [0.29, 0.717) is 11.9 Å². The highest BCUT2D eigenvalue weighted by Crippen LogP contribution is 2.33. The number of Topliss-reactive ketones (excluding diaryl/α,β-unsaturated/α-hetero) is 1. The van der Waals surface area contributed by atoms with Crippen LogP contribution < -0.4 is 5.73 Å². The van der Waals surface area contributed by atoms with E-state index >= 15 is 0 Å². The third-order valence-electron chi connectivity index (χ3n) is 4.29. The summed E-state index contributed by atoms with van der Waals surface area (Å²) in [6, 6.07) is 6.34. The van der Waals surface area contributed by atoms with E-state index in [0.717, 1.165) is 25.7 Å². The van der Waals surface area contributed by atoms with Crippen LogP contribution in [-0.2, 0) is 0 Å². The third-order valence-corrected chi connectivity index (χ3v) is 4.29. The fourth-order valence-corrected chi connectivity index (χ4v) is 3.17. The summed E-state index contributed by atoms with van der Waals surface area (Å²) < 4.78 is 19.1. The Morgan fingerprint density at radius 1 is 1.35 bits per heavy atom. The zero-order valence-corrected chi connectivity index (χ0v) is 11.3. The number of carbonyl (C=O) groups is 1. The molecule has 1 heterocycles. The average molecular weight is 275 g/mol. The molecule has 2 N–H and O–H groups in total. The van der Waals surface area contributed by atoms with Crippen LogP contribution in [-0.4, -0.2) is 12.3 Å². The molecule has 1 fully saturated rings. The molecule has 2 unspecified atom stereocenters. The first-order valence-electron chi connectivity index (χ1n) is 7.13. The molecule has 1 aromatic heterocycles. The Morgan fingerprint density at radius 3 is 2.90 bits per heavy atom. The van der Waals surface area contributed by atoms with E-state index in [-0.39, 0.29) is 29.0 Å². The van der Waals surface area contributed by atoms with Crippen molar-refractivity contribution in [3.63, 3.8) is 0 Å². The Labute approximate surface area is 116 Å². The van der Waals surface area contributed by atoms with E-state index < -0.39 is 5.82 Å². The molecular weight excluding hydrogens is 257 g/mol. The Bertz CT molecular complexity index is 634. The van der Waals surface area contributed by atoms with Gasteiger partial charge in [0.25, 0.3) is 0 Å². The monoisotopic (exact) mass is 275 g/mol. The van der Waals surface area contributed by atoms with Gasteiger partial charge in [-0.25, -0.2) is 4.39 Å². The fraction of sp³-hybridized carbons (Fsp3) is 0.438. The number of rotatable bonds is 3. The Morgan fingerprint density at radius 2 is 2.15 bits per heavy atom. The molecule has 2 aromatic rings. The minimum atomic E-state index is -0.430. The smallest absolute Gasteiger partial charge is 0.201 e. The van der Waals surface area contributed by atoms with E-state index in [2.05, 4.69) is 0 Å². The van der Waals surface area contributed by atoms with Crippen LogP contribution in [0.3, 0.4) is 0 Å². The summed E-state index contributed by atoms with van der Waals surface area (Å²) in [6.45, 7) is 0.519. The summed E-state index contributed by atoms with van der Waals surface area (Å²) in [5.74, 6) is -0.0709. The van der Waals surface area contributed by atoms with Crippen LogP contribution >= 0.6 is 0 Å². The number of carbonyl (C=O) groups excluding carboxylic acids is 1. The zero-order chi connectivity index (χ0) is 14.1. The van der Waals surface area contributed by atoms with Crippen LogP contribution in [0.5, 0.6) is 0 Å². The van der Waals surface area contributed by atoms with Gasteiger partial charge >= 0.3 is 0 Å². The second-order valence-corrected chi connectivity index (χ2v) is 5.52. The van der Waals surface area contributed by atoms with Crippen molar-refractivity contribution in [1.82, 2.24) is 0 Å². The summed E-state index contributed by atoms with van der Waals surface area (Å²) in [5.41, 5.74) is 5.93. The molecule has 0 aliphatic heterocycles. The molecule has 1 aliphatic carbocycles. The summed E-state index contributed by atoms with van der Waals surface area (Å²) >= 11 is 0. The maximum absolute atomic E-state index is 13.6. The van der Waals surface area contributed by atoms with Crippen molar-refractivity contribution in [3.8, 4) is 0 Å². The molecule has 1 aromatic carbocycles. The molecule has 106 valence electrons. The second kappa shape index (κ2) is 5.37. The van der Waals surface area contributed by atoms with Crippen LogP contribution in [0.25, 0.3) is 11.0 Å². The lowest BCUT2D eigenvalue weighted by atomic mass is 9.76. The van der Waals surface area contributed by atoms with Gasteiger partial charge in [0.1, 0.15) is 0 Å². The SMILES string of the molecule is NCC1CCCCC1C(=O)c1cc2cccc(F)c2o1. The molecule has 0 radical (unpaired) electrons. The van der Waals surface area contributed by atoms with E-state index in [4.69, 9.17) is 10.2 Å². The predicted octanol–water partition coefficient (Wildman–Crippen LogP) is 3.52. The molecule has 3 nitrogen and oxygen atoms in total. The fourth-order valence-electron chi connectivity index (χ4n) is 3.17. The predicted molar refractivity (Wildman–Crippen MR) is 75.0 cm³/mol. The number of para-hydroxylation sites is 1. The van der Waals surface area contributed by atoms with Crippen LogP contribution in [0, 0.1) is 17.7 Å². The highest BCUT2D eigenvalue weighted by molar-refractivity contribution is 5.99. The Balaban J connectivity index is 1.93. The largest absolute Gasteiger partial charge is 0.450 e. The van der Waals surface area contributed by atoms with Crippen molar-refractivity contribution >= 4 is 16.8 Å². The van der Waals surface area contributed by atoms with Crippen LogP contribution in [0.2, 0.25) is 0 Å². The molecule has 1 saturated carbocycles. The molecule has 0 bridgehead atoms. The van der Waals surface area contributed by atoms with Crippen molar-refractivity contribution in [3.05, 3.63) is 35.8 Å². The molecule has 20 heavy (non-hydrogen) atoms. The van der Waals surface area contributed by atoms with Gasteiger partial charge in [-0.15, -0.1) is 0 Å². The molecule has 0 saturated heterocycles. The first-order valence-corrected chi connectivity index (χ1v) is 7.13. The quantitative estimate of drug-likeness (QED) is 0.872. The number of hydrogen-bond donors (Lipinski definition) is 1. The van der Waals surface area contributed by atoms with Gasteiger partial charge < -0.3 is 10.2 Å². The lowest BCUT2D eigenvalue weighted by Crippen LogP contribution is -2.32. The van der Waals surface area contributed by atoms with Gasteiger partial charge in [-0.3, -0.25) is 4.79 Å². The zero-order valence-electron chi connectivity index (χ0n) is 11.3. The number of ketones is 1. The molecule has 0 amide bonds. The van der Waals surface area contributed by atoms with Crippen molar-refractivity contribution in [1.29, 1.82) is 0 Å². The standard InChI is InChI=1S/C16H18FNO2/c17-13-7-3-5-10-8-14(20-16(10)13)15(19)12-6-2-1-4-11(12)9-18/h3,5,7-8,11-12H,1-2,4,6,9,18H2. The molecule has 1 aliphatic rings. The Hall–Kier alpha value is -1.68. The third kappa shape index (κ3) is 2.24. The number of halogens is 1. The van der Waals surface area contributed by atoms with Crippen molar-refractivity contribution in [2.75, 3.05) is 6.54 Å². The number of hydrogen-bond acceptors (Lipinski definition) is 3. The number of benzene rings is 1. The van der Waals surface area contributed by atoms with Gasteiger partial charge in [0, 0.05) is 11.3 Å². The molecule has 2 atom stereocenters. The first-order chi connectivity index (χ1) is 9.70. The first kappa shape index (κ1) is 13.3. The minimum Gasteiger partial charge on any atom is -0.450 e. The summed E-state index contributed by atoms with van der Waals surface area (Å²) in [4.78, 5) is 12.6. The summed E-state index contributed by atoms with van der Waals surface area (Å²) in [6.07, 6.45) is 4.00. The van der Waals surface area contributed by atoms with Crippen molar-refractivity contribution < 1.29 is 13.6 Å². The average Bonchev–Trinajstić information content (AvgIpc) is 2.92. The van der Waals surface area contributed by atoms with Gasteiger partial charge in [0.2, 0.25) is 5.78 Å². The van der Waals surface area contributed by atoms with E-state index in [1.54, 1.807) is 18.2 Å². The summed E-state index contributed by atoms with van der Waals surface area (Å²) in [5, 5.41) is 0.633. The molecule has 0 spiro atoms. The van der Waals surface area contributed by atoms with E-state index in [9.17, 15) is 9.18 Å². The topological polar surface area (TPSA) is 56.2 Å². The van der Waals surface area contributed by atoms with E-state index in [1.165, 1.54) is 6.07 Å². The lowest BCUT2D eigenvalue weighted by molar-refractivity contribution is 0.0802. The van der Waals surface area contributed by atoms with Gasteiger partial charge in [-0.05, 0) is 37.4 Å². The molecule has 4 heteroatoms. The summed E-state index contributed by atoms with van der Waals surface area (Å²) in [7, 11) is 0. The highest BCUT2D eigenvalue weighted by atomic mass is 19.1. The van der Waals surface area contributed by atoms with Gasteiger partial charge in [0.15, 0.2) is 17.2 Å². The van der Waals surface area contributed by atoms with E-state index in [1.807, 2.05) is 0 Å². The van der Waals surface area contributed by atoms with Gasteiger partial charge in [-0.1, -0.05) is 25.0 Å². The van der Waals surface area contributed by atoms with Gasteiger partial charge in [0.05, 0.1) is 0 Å². The molecule has 3 rings (SSSR count). The van der Waals surface area contributed by atoms with Crippen molar-refractivity contribution in [2.24, 2.45) is 17.6 Å². The van der Waals surface area contributed by atoms with Crippen LogP contribution in [0.15, 0.2) is 28.7 Å². The lowest BCUT2D eigenvalue weighted by Gasteiger charge is -2.28. The number of fused-ring (bicyclic) bond motifs is 1. The normalized spacial score (nSPS) is 23.1. The maximum Gasteiger partial charge on any atom is 0.201 e. The number of furan rings is 1. The highest BCUT2D eigenvalue weighted by Gasteiger charge is 2.32. The van der Waals surface area contributed by atoms with Crippen molar-refractivity contribution in [2.45, 2.75) is 25.7 Å². The maximum atomic E-state index is 13.6. The minimum absolute atomic E-state index is 0.0317. The number of nitrogens with two attached hydrogens (primary N) is 1. The van der Waals surface area contributed by atoms with Crippen LogP contribution in [0.1, 0.15) is 36.2 Å². The molecular formula is C16H18FNO2. The second-order valence-electron chi connectivity index (χ2n) is 5.52. The Kier molecular flexibility index (Phi) is 3.57. The van der Waals surface area contributed by atoms with Gasteiger partial charge in [-0.2, -0.15) is 0 Å². The van der Waals surface area contributed by atoms with Crippen LogP contribution in [0.4, 0.5) is 4.39 Å².